The molecule has 3 rings (SSSR count). The number of aromatic nitrogens is 2. The second-order valence-corrected chi connectivity index (χ2v) is 6.53. The number of carbonyl (C=O) groups excluding carboxylic acids is 1. The molecule has 0 N–H and O–H groups in total. The zero-order chi connectivity index (χ0) is 14.8. The fraction of sp³-hybridized carbons (Fsp3) is 0.154. The Hall–Kier alpha value is -1.93. The Labute approximate surface area is 131 Å². The summed E-state index contributed by atoms with van der Waals surface area (Å²) < 4.78 is 16.6. The molecule has 0 aliphatic heterocycles. The molecule has 0 saturated heterocycles. The molecule has 0 amide bonds. The number of nitrogens with zero attached hydrogens (tertiary/aromatic N) is 2. The Bertz CT molecular complexity index is 777. The molecule has 0 radical (unpaired) electrons. The number of hydrogen-bond acceptors (Lipinski definition) is 7. The van der Waals surface area contributed by atoms with Crippen LogP contribution in [0.25, 0.3) is 10.8 Å². The Balaban J connectivity index is 1.65. The van der Waals surface area contributed by atoms with Gasteiger partial charge in [-0.15, -0.1) is 21.5 Å². The summed E-state index contributed by atoms with van der Waals surface area (Å²) >= 11 is 4.84. The van der Waals surface area contributed by atoms with Gasteiger partial charge >= 0.3 is 5.97 Å². The molecule has 0 aliphatic carbocycles. The molecule has 0 spiro atoms. The van der Waals surface area contributed by atoms with Gasteiger partial charge < -0.3 is 13.6 Å². The first kappa shape index (κ1) is 14.0. The molecular weight excluding hydrogens is 360 g/mol. The normalized spacial score (nSPS) is 10.8. The summed E-state index contributed by atoms with van der Waals surface area (Å²) in [4.78, 5) is 12.6. The summed E-state index contributed by atoms with van der Waals surface area (Å²) in [5.74, 6) is 0.662. The van der Waals surface area contributed by atoms with Crippen LogP contribution >= 0.6 is 27.3 Å². The molecule has 8 heteroatoms. The van der Waals surface area contributed by atoms with E-state index in [0.29, 0.717) is 17.2 Å². The summed E-state index contributed by atoms with van der Waals surface area (Å²) in [6.07, 6.45) is 1.44. The smallest absolute Gasteiger partial charge is 0.342 e. The van der Waals surface area contributed by atoms with Crippen LogP contribution in [0.4, 0.5) is 0 Å². The van der Waals surface area contributed by atoms with Gasteiger partial charge in [-0.3, -0.25) is 0 Å². The maximum Gasteiger partial charge on any atom is 0.342 e. The lowest BCUT2D eigenvalue weighted by Crippen LogP contribution is -2.05. The predicted octanol–water partition coefficient (Wildman–Crippen LogP) is 3.82. The van der Waals surface area contributed by atoms with E-state index in [4.69, 9.17) is 13.6 Å². The van der Waals surface area contributed by atoms with Crippen LogP contribution < -0.4 is 0 Å². The third kappa shape index (κ3) is 3.06. The molecular formula is C13H9BrN2O4S. The monoisotopic (exact) mass is 368 g/mol. The van der Waals surface area contributed by atoms with Crippen molar-refractivity contribution in [1.82, 2.24) is 10.2 Å². The molecule has 108 valence electrons. The predicted molar refractivity (Wildman–Crippen MR) is 77.9 cm³/mol. The molecule has 3 aromatic heterocycles. The minimum atomic E-state index is -0.486. The number of furan rings is 1. The van der Waals surface area contributed by atoms with Crippen molar-refractivity contribution in [3.05, 3.63) is 45.5 Å². The molecule has 3 heterocycles. The molecule has 0 atom stereocenters. The van der Waals surface area contributed by atoms with Crippen LogP contribution in [0.2, 0.25) is 0 Å². The molecule has 6 nitrogen and oxygen atoms in total. The Morgan fingerprint density at radius 3 is 2.90 bits per heavy atom. The Morgan fingerprint density at radius 2 is 2.24 bits per heavy atom. The van der Waals surface area contributed by atoms with Crippen molar-refractivity contribution in [3.8, 4) is 10.8 Å². The van der Waals surface area contributed by atoms with Crippen LogP contribution in [0.1, 0.15) is 22.0 Å². The number of halogens is 1. The van der Waals surface area contributed by atoms with Crippen molar-refractivity contribution in [2.75, 3.05) is 0 Å². The van der Waals surface area contributed by atoms with Gasteiger partial charge in [-0.05, 0) is 41.1 Å². The zero-order valence-electron chi connectivity index (χ0n) is 10.8. The lowest BCUT2D eigenvalue weighted by atomic mass is 10.3. The molecule has 0 aliphatic rings. The fourth-order valence-electron chi connectivity index (χ4n) is 1.64. The third-order valence-electron chi connectivity index (χ3n) is 2.66. The van der Waals surface area contributed by atoms with Crippen molar-refractivity contribution in [1.29, 1.82) is 0 Å². The standard InChI is InChI=1S/C13H9BrN2O4S/c1-7-8(4-5-18-7)13(17)19-6-11-15-16-12(20-11)9-2-3-10(14)21-9/h2-5H,6H2,1H3. The lowest BCUT2D eigenvalue weighted by Gasteiger charge is -1.99. The fourth-order valence-corrected chi connectivity index (χ4v) is 2.95. The van der Waals surface area contributed by atoms with Crippen LogP contribution in [0.5, 0.6) is 0 Å². The minimum absolute atomic E-state index is 0.0804. The molecule has 0 aromatic carbocycles. The van der Waals surface area contributed by atoms with E-state index in [1.165, 1.54) is 17.6 Å². The SMILES string of the molecule is Cc1occc1C(=O)OCc1nnc(-c2ccc(Br)s2)o1. The highest BCUT2D eigenvalue weighted by molar-refractivity contribution is 9.11. The Kier molecular flexibility index (Phi) is 3.89. The number of aryl methyl sites for hydroxylation is 1. The molecule has 0 bridgehead atoms. The number of hydrogen-bond donors (Lipinski definition) is 0. The van der Waals surface area contributed by atoms with E-state index >= 15 is 0 Å². The van der Waals surface area contributed by atoms with Crippen molar-refractivity contribution in [2.24, 2.45) is 0 Å². The third-order valence-corrected chi connectivity index (χ3v) is 4.27. The average molecular weight is 369 g/mol. The minimum Gasteiger partial charge on any atom is -0.469 e. The Morgan fingerprint density at radius 1 is 1.38 bits per heavy atom. The lowest BCUT2D eigenvalue weighted by molar-refractivity contribution is 0.0436. The highest BCUT2D eigenvalue weighted by Gasteiger charge is 2.16. The van der Waals surface area contributed by atoms with Crippen LogP contribution in [-0.2, 0) is 11.3 Å². The number of rotatable bonds is 4. The van der Waals surface area contributed by atoms with Gasteiger partial charge in [0.05, 0.1) is 14.9 Å². The van der Waals surface area contributed by atoms with Gasteiger partial charge in [-0.25, -0.2) is 4.79 Å². The van der Waals surface area contributed by atoms with Gasteiger partial charge in [0.25, 0.3) is 11.8 Å². The number of ether oxygens (including phenoxy) is 1. The van der Waals surface area contributed by atoms with Gasteiger partial charge in [-0.2, -0.15) is 0 Å². The molecule has 0 fully saturated rings. The van der Waals surface area contributed by atoms with Gasteiger partial charge in [0, 0.05) is 0 Å². The van der Waals surface area contributed by atoms with E-state index in [1.807, 2.05) is 12.1 Å². The van der Waals surface area contributed by atoms with E-state index in [9.17, 15) is 4.79 Å². The summed E-state index contributed by atoms with van der Waals surface area (Å²) in [5.41, 5.74) is 0.386. The van der Waals surface area contributed by atoms with Gasteiger partial charge in [0.15, 0.2) is 6.61 Å². The van der Waals surface area contributed by atoms with Gasteiger partial charge in [-0.1, -0.05) is 0 Å². The van der Waals surface area contributed by atoms with Crippen molar-refractivity contribution in [2.45, 2.75) is 13.5 Å². The second-order valence-electron chi connectivity index (χ2n) is 4.07. The van der Waals surface area contributed by atoms with Gasteiger partial charge in [0.2, 0.25) is 0 Å². The highest BCUT2D eigenvalue weighted by Crippen LogP contribution is 2.30. The number of carbonyl (C=O) groups is 1. The van der Waals surface area contributed by atoms with E-state index in [1.54, 1.807) is 13.0 Å². The maximum atomic E-state index is 11.8. The second kappa shape index (κ2) is 5.82. The zero-order valence-corrected chi connectivity index (χ0v) is 13.2. The van der Waals surface area contributed by atoms with Crippen molar-refractivity contribution >= 4 is 33.2 Å². The number of esters is 1. The van der Waals surface area contributed by atoms with E-state index < -0.39 is 5.97 Å². The molecule has 0 unspecified atom stereocenters. The summed E-state index contributed by atoms with van der Waals surface area (Å²) in [5, 5.41) is 7.77. The first-order chi connectivity index (χ1) is 10.1. The van der Waals surface area contributed by atoms with Crippen molar-refractivity contribution < 1.29 is 18.4 Å². The summed E-state index contributed by atoms with van der Waals surface area (Å²) in [6, 6.07) is 5.32. The van der Waals surface area contributed by atoms with E-state index in [-0.39, 0.29) is 12.5 Å². The summed E-state index contributed by atoms with van der Waals surface area (Å²) in [7, 11) is 0. The molecule has 3 aromatic rings. The molecule has 21 heavy (non-hydrogen) atoms. The average Bonchev–Trinajstić information content (AvgIpc) is 3.16. The van der Waals surface area contributed by atoms with Crippen molar-refractivity contribution in [3.63, 3.8) is 0 Å². The largest absolute Gasteiger partial charge is 0.469 e. The topological polar surface area (TPSA) is 78.4 Å². The van der Waals surface area contributed by atoms with Gasteiger partial charge in [0.1, 0.15) is 11.3 Å². The maximum absolute atomic E-state index is 11.8. The van der Waals surface area contributed by atoms with Crippen LogP contribution in [0.15, 0.2) is 37.1 Å². The quantitative estimate of drug-likeness (QED) is 0.651. The van der Waals surface area contributed by atoms with Crippen LogP contribution in [0, 0.1) is 6.92 Å². The first-order valence-corrected chi connectivity index (χ1v) is 7.54. The van der Waals surface area contributed by atoms with E-state index in [2.05, 4.69) is 26.1 Å². The number of thiophene rings is 1. The van der Waals surface area contributed by atoms with Crippen LogP contribution in [0.3, 0.4) is 0 Å². The van der Waals surface area contributed by atoms with E-state index in [0.717, 1.165) is 8.66 Å². The highest BCUT2D eigenvalue weighted by atomic mass is 79.9. The summed E-state index contributed by atoms with van der Waals surface area (Å²) in [6.45, 7) is 1.61. The van der Waals surface area contributed by atoms with Crippen LogP contribution in [-0.4, -0.2) is 16.2 Å². The molecule has 0 saturated carbocycles. The first-order valence-electron chi connectivity index (χ1n) is 5.93.